The first kappa shape index (κ1) is 28.6. The molecule has 1 aromatic heterocycles. The first-order valence-electron chi connectivity index (χ1n) is 14.7. The van der Waals surface area contributed by atoms with E-state index < -0.39 is 6.29 Å². The van der Waals surface area contributed by atoms with Crippen LogP contribution in [0, 0.1) is 0 Å². The minimum atomic E-state index is -0.544. The van der Waals surface area contributed by atoms with E-state index >= 15 is 0 Å². The number of benzene rings is 4. The van der Waals surface area contributed by atoms with Gasteiger partial charge >= 0.3 is 6.03 Å². The third-order valence-electron chi connectivity index (χ3n) is 7.78. The molecule has 1 fully saturated rings. The lowest BCUT2D eigenvalue weighted by Gasteiger charge is -2.36. The number of nitrogens with one attached hydrogen (secondary N) is 2. The largest absolute Gasteiger partial charge is 0.392 e. The van der Waals surface area contributed by atoms with Crippen LogP contribution in [0.3, 0.4) is 0 Å². The Morgan fingerprint density at radius 3 is 2.47 bits per heavy atom. The average Bonchev–Trinajstić information content (AvgIpc) is 3.46. The van der Waals surface area contributed by atoms with Gasteiger partial charge in [0.2, 0.25) is 0 Å². The summed E-state index contributed by atoms with van der Waals surface area (Å²) in [6, 6.07) is 32.3. The van der Waals surface area contributed by atoms with Gasteiger partial charge in [0.1, 0.15) is 0 Å². The lowest BCUT2D eigenvalue weighted by atomic mass is 9.99. The summed E-state index contributed by atoms with van der Waals surface area (Å²) in [6.07, 6.45) is 1.75. The first-order chi connectivity index (χ1) is 21.1. The maximum absolute atomic E-state index is 11.8. The molecule has 0 saturated carbocycles. The number of aliphatic hydroxyl groups excluding tert-OH is 1. The van der Waals surface area contributed by atoms with Gasteiger partial charge in [0.05, 0.1) is 42.7 Å². The topological polar surface area (TPSA) is 97.6 Å². The van der Waals surface area contributed by atoms with E-state index in [0.29, 0.717) is 26.1 Å². The smallest absolute Gasteiger partial charge is 0.315 e. The number of rotatable bonds is 9. The summed E-state index contributed by atoms with van der Waals surface area (Å²) in [7, 11) is 0. The van der Waals surface area contributed by atoms with Gasteiger partial charge in [-0.15, -0.1) is 0 Å². The number of carbonyl (C=O) groups excluding carboxylic acids is 1. The number of aliphatic hydroxyl groups is 1. The summed E-state index contributed by atoms with van der Waals surface area (Å²) in [6.45, 7) is 3.60. The van der Waals surface area contributed by atoms with E-state index in [0.717, 1.165) is 44.4 Å². The minimum absolute atomic E-state index is 0.00776. The molecule has 3 atom stereocenters. The first-order valence-corrected chi connectivity index (χ1v) is 14.7. The van der Waals surface area contributed by atoms with Crippen molar-refractivity contribution in [3.8, 4) is 11.1 Å². The molecule has 1 aliphatic heterocycles. The standard InChI is InChI=1S/C35H36N4O4/c1-2-36-35(41)37-20-25-6-5-7-29(18-25)26-14-16-28(17-15-26)34-42-30(21-39-23-38-31-8-3-4-9-32(31)39)19-33(43-34)27-12-10-24(22-40)11-13-27/h3-18,23,30,33-34,40H,2,19-22H2,1H3,(H2,36,37,41)/t30-,33+,34+/m1/s1. The molecule has 0 radical (unpaired) electrons. The molecule has 8 nitrogen and oxygen atoms in total. The van der Waals surface area contributed by atoms with Crippen LogP contribution >= 0.6 is 0 Å². The van der Waals surface area contributed by atoms with E-state index in [2.05, 4.69) is 62.6 Å². The number of urea groups is 1. The second kappa shape index (κ2) is 13.2. The zero-order chi connectivity index (χ0) is 29.6. The summed E-state index contributed by atoms with van der Waals surface area (Å²) >= 11 is 0. The number of hydrogen-bond acceptors (Lipinski definition) is 5. The predicted molar refractivity (Wildman–Crippen MR) is 166 cm³/mol. The van der Waals surface area contributed by atoms with Crippen LogP contribution in [0.4, 0.5) is 4.79 Å². The number of carbonyl (C=O) groups is 1. The Kier molecular flexibility index (Phi) is 8.79. The summed E-state index contributed by atoms with van der Waals surface area (Å²) in [4.78, 5) is 16.4. The fraction of sp³-hybridized carbons (Fsp3) is 0.257. The summed E-state index contributed by atoms with van der Waals surface area (Å²) < 4.78 is 15.3. The van der Waals surface area contributed by atoms with Crippen molar-refractivity contribution >= 4 is 17.1 Å². The predicted octanol–water partition coefficient (Wildman–Crippen LogP) is 6.26. The minimum Gasteiger partial charge on any atom is -0.392 e. The van der Waals surface area contributed by atoms with E-state index in [1.165, 1.54) is 0 Å². The highest BCUT2D eigenvalue weighted by atomic mass is 16.7. The van der Waals surface area contributed by atoms with Crippen molar-refractivity contribution in [1.29, 1.82) is 0 Å². The van der Waals surface area contributed by atoms with Gasteiger partial charge in [-0.05, 0) is 52.9 Å². The lowest BCUT2D eigenvalue weighted by molar-refractivity contribution is -0.252. The highest BCUT2D eigenvalue weighted by Crippen LogP contribution is 2.39. The molecule has 0 unspecified atom stereocenters. The molecule has 8 heteroatoms. The molecule has 220 valence electrons. The van der Waals surface area contributed by atoms with E-state index in [-0.39, 0.29) is 24.8 Å². The second-order valence-electron chi connectivity index (χ2n) is 10.8. The molecular formula is C35H36N4O4. The van der Waals surface area contributed by atoms with Gasteiger partial charge in [-0.2, -0.15) is 0 Å². The molecule has 1 saturated heterocycles. The van der Waals surface area contributed by atoms with Crippen LogP contribution in [0.1, 0.15) is 48.0 Å². The Bertz CT molecular complexity index is 1670. The van der Waals surface area contributed by atoms with Crippen LogP contribution in [-0.2, 0) is 29.2 Å². The van der Waals surface area contributed by atoms with E-state index in [1.807, 2.05) is 67.8 Å². The molecule has 5 aromatic rings. The quantitative estimate of drug-likeness (QED) is 0.192. The maximum atomic E-state index is 11.8. The third kappa shape index (κ3) is 6.78. The van der Waals surface area contributed by atoms with E-state index in [1.54, 1.807) is 0 Å². The lowest BCUT2D eigenvalue weighted by Crippen LogP contribution is -2.34. The number of ether oxygens (including phenoxy) is 2. The zero-order valence-electron chi connectivity index (χ0n) is 24.1. The Balaban J connectivity index is 1.22. The molecule has 0 spiro atoms. The Labute approximate surface area is 251 Å². The molecule has 3 N–H and O–H groups in total. The van der Waals surface area contributed by atoms with E-state index in [9.17, 15) is 9.90 Å². The monoisotopic (exact) mass is 576 g/mol. The van der Waals surface area contributed by atoms with Crippen molar-refractivity contribution in [1.82, 2.24) is 20.2 Å². The summed E-state index contributed by atoms with van der Waals surface area (Å²) in [5.74, 6) is 0. The number of para-hydroxylation sites is 2. The SMILES string of the molecule is CCNC(=O)NCc1cccc(-c2ccc([C@H]3O[C@@H](Cn4cnc5ccccc54)C[C@@H](c4ccc(CO)cc4)O3)cc2)c1. The van der Waals surface area contributed by atoms with Crippen LogP contribution in [0.5, 0.6) is 0 Å². The Hall–Kier alpha value is -4.50. The van der Waals surface area contributed by atoms with Crippen LogP contribution in [0.2, 0.25) is 0 Å². The highest BCUT2D eigenvalue weighted by Gasteiger charge is 2.32. The Morgan fingerprint density at radius 1 is 0.884 bits per heavy atom. The van der Waals surface area contributed by atoms with Gasteiger partial charge in [0.25, 0.3) is 0 Å². The molecule has 4 aromatic carbocycles. The van der Waals surface area contributed by atoms with Crippen LogP contribution in [0.25, 0.3) is 22.2 Å². The molecule has 2 amide bonds. The molecule has 43 heavy (non-hydrogen) atoms. The van der Waals surface area contributed by atoms with Crippen molar-refractivity contribution in [2.45, 2.75) is 51.5 Å². The van der Waals surface area contributed by atoms with Gasteiger partial charge in [0.15, 0.2) is 6.29 Å². The number of fused-ring (bicyclic) bond motifs is 1. The van der Waals surface area contributed by atoms with Crippen molar-refractivity contribution in [3.63, 3.8) is 0 Å². The normalized spacial score (nSPS) is 18.4. The maximum Gasteiger partial charge on any atom is 0.315 e. The molecule has 6 rings (SSSR count). The van der Waals surface area contributed by atoms with Gasteiger partial charge in [-0.3, -0.25) is 0 Å². The van der Waals surface area contributed by atoms with E-state index in [4.69, 9.17) is 9.47 Å². The average molecular weight is 577 g/mol. The van der Waals surface area contributed by atoms with Gasteiger partial charge < -0.3 is 29.8 Å². The van der Waals surface area contributed by atoms with Gasteiger partial charge in [0, 0.05) is 25.1 Å². The summed E-state index contributed by atoms with van der Waals surface area (Å²) in [5.41, 5.74) is 8.06. The zero-order valence-corrected chi connectivity index (χ0v) is 24.1. The molecule has 1 aliphatic rings. The number of amides is 2. The van der Waals surface area contributed by atoms with Gasteiger partial charge in [-0.1, -0.05) is 78.9 Å². The van der Waals surface area contributed by atoms with Crippen LogP contribution in [0.15, 0.2) is 103 Å². The van der Waals surface area contributed by atoms with Crippen LogP contribution in [-0.4, -0.2) is 33.3 Å². The molecule has 0 aliphatic carbocycles. The number of aromatic nitrogens is 2. The molecule has 0 bridgehead atoms. The van der Waals surface area contributed by atoms with Crippen molar-refractivity contribution in [3.05, 3.63) is 126 Å². The number of imidazole rings is 1. The number of nitrogens with zero attached hydrogens (tertiary/aromatic N) is 2. The third-order valence-corrected chi connectivity index (χ3v) is 7.78. The fourth-order valence-electron chi connectivity index (χ4n) is 5.51. The Morgan fingerprint density at radius 2 is 1.67 bits per heavy atom. The van der Waals surface area contributed by atoms with Crippen molar-refractivity contribution < 1.29 is 19.4 Å². The fourth-order valence-corrected chi connectivity index (χ4v) is 5.51. The molecule has 2 heterocycles. The van der Waals surface area contributed by atoms with Gasteiger partial charge in [-0.25, -0.2) is 9.78 Å². The van der Waals surface area contributed by atoms with Crippen molar-refractivity contribution in [2.24, 2.45) is 0 Å². The van der Waals surface area contributed by atoms with Crippen LogP contribution < -0.4 is 10.6 Å². The van der Waals surface area contributed by atoms with Crippen molar-refractivity contribution in [2.75, 3.05) is 6.54 Å². The molecular weight excluding hydrogens is 540 g/mol. The highest BCUT2D eigenvalue weighted by molar-refractivity contribution is 5.75. The summed E-state index contributed by atoms with van der Waals surface area (Å²) in [5, 5.41) is 15.1. The second-order valence-corrected chi connectivity index (χ2v) is 10.8. The number of hydrogen-bond donors (Lipinski definition) is 3.